The van der Waals surface area contributed by atoms with E-state index in [1.165, 1.54) is 16.7 Å². The van der Waals surface area contributed by atoms with Crippen LogP contribution in [-0.2, 0) is 6.54 Å². The van der Waals surface area contributed by atoms with E-state index >= 15 is 0 Å². The Labute approximate surface area is 105 Å². The molecule has 96 valence electrons. The van der Waals surface area contributed by atoms with Crippen molar-refractivity contribution in [3.05, 3.63) is 28.8 Å². The molecule has 1 aromatic rings. The SMILES string of the molecule is CCOc1cc(C)c(CNCC(C)C)cc1C. The van der Waals surface area contributed by atoms with Crippen molar-refractivity contribution in [2.75, 3.05) is 13.2 Å². The first-order valence-electron chi connectivity index (χ1n) is 6.48. The highest BCUT2D eigenvalue weighted by molar-refractivity contribution is 5.41. The number of ether oxygens (including phenoxy) is 1. The summed E-state index contributed by atoms with van der Waals surface area (Å²) >= 11 is 0. The Balaban J connectivity index is 2.70. The van der Waals surface area contributed by atoms with Gasteiger partial charge in [0.1, 0.15) is 5.75 Å². The number of hydrogen-bond acceptors (Lipinski definition) is 2. The Morgan fingerprint density at radius 2 is 1.88 bits per heavy atom. The lowest BCUT2D eigenvalue weighted by Crippen LogP contribution is -2.19. The monoisotopic (exact) mass is 235 g/mol. The summed E-state index contributed by atoms with van der Waals surface area (Å²) in [5.74, 6) is 1.71. The van der Waals surface area contributed by atoms with Crippen molar-refractivity contribution in [2.45, 2.75) is 41.2 Å². The van der Waals surface area contributed by atoms with Gasteiger partial charge in [-0.3, -0.25) is 0 Å². The summed E-state index contributed by atoms with van der Waals surface area (Å²) in [5, 5.41) is 3.48. The zero-order chi connectivity index (χ0) is 12.8. The maximum absolute atomic E-state index is 5.59. The zero-order valence-electron chi connectivity index (χ0n) is 11.8. The molecular formula is C15H25NO. The first kappa shape index (κ1) is 14.0. The van der Waals surface area contributed by atoms with Crippen molar-refractivity contribution in [1.82, 2.24) is 5.32 Å². The summed E-state index contributed by atoms with van der Waals surface area (Å²) in [6.07, 6.45) is 0. The predicted octanol–water partition coefficient (Wildman–Crippen LogP) is 3.45. The highest BCUT2D eigenvalue weighted by Gasteiger charge is 2.05. The first-order chi connectivity index (χ1) is 8.04. The lowest BCUT2D eigenvalue weighted by molar-refractivity contribution is 0.337. The van der Waals surface area contributed by atoms with E-state index < -0.39 is 0 Å². The fourth-order valence-electron chi connectivity index (χ4n) is 1.85. The molecule has 0 saturated heterocycles. The van der Waals surface area contributed by atoms with E-state index in [0.29, 0.717) is 5.92 Å². The van der Waals surface area contributed by atoms with Crippen molar-refractivity contribution in [1.29, 1.82) is 0 Å². The van der Waals surface area contributed by atoms with Crippen molar-refractivity contribution in [2.24, 2.45) is 5.92 Å². The Kier molecular flexibility index (Phi) is 5.49. The van der Waals surface area contributed by atoms with Crippen LogP contribution in [0.2, 0.25) is 0 Å². The van der Waals surface area contributed by atoms with Crippen LogP contribution in [0.25, 0.3) is 0 Å². The molecule has 1 aromatic carbocycles. The Morgan fingerprint density at radius 1 is 1.18 bits per heavy atom. The lowest BCUT2D eigenvalue weighted by atomic mass is 10.0. The van der Waals surface area contributed by atoms with Crippen molar-refractivity contribution < 1.29 is 4.74 Å². The molecule has 0 fully saturated rings. The van der Waals surface area contributed by atoms with Gasteiger partial charge in [0.05, 0.1) is 6.61 Å². The van der Waals surface area contributed by atoms with E-state index in [2.05, 4.69) is 45.1 Å². The fourth-order valence-corrected chi connectivity index (χ4v) is 1.85. The smallest absolute Gasteiger partial charge is 0.122 e. The number of rotatable bonds is 6. The average molecular weight is 235 g/mol. The van der Waals surface area contributed by atoms with Gasteiger partial charge >= 0.3 is 0 Å². The third-order valence-corrected chi connectivity index (χ3v) is 2.80. The standard InChI is InChI=1S/C15H25NO/c1-6-17-15-8-12(4)14(7-13(15)5)10-16-9-11(2)3/h7-8,11,16H,6,9-10H2,1-5H3. The van der Waals surface area contributed by atoms with Crippen molar-refractivity contribution >= 4 is 0 Å². The van der Waals surface area contributed by atoms with E-state index in [4.69, 9.17) is 4.74 Å². The second-order valence-electron chi connectivity index (χ2n) is 5.00. The summed E-state index contributed by atoms with van der Waals surface area (Å²) in [5.41, 5.74) is 3.89. The molecule has 1 N–H and O–H groups in total. The summed E-state index contributed by atoms with van der Waals surface area (Å²) in [7, 11) is 0. The molecule has 0 unspecified atom stereocenters. The molecule has 2 nitrogen and oxygen atoms in total. The average Bonchev–Trinajstić information content (AvgIpc) is 2.24. The summed E-state index contributed by atoms with van der Waals surface area (Å²) in [6.45, 7) is 13.5. The molecule has 17 heavy (non-hydrogen) atoms. The van der Waals surface area contributed by atoms with Crippen LogP contribution in [-0.4, -0.2) is 13.2 Å². The second-order valence-corrected chi connectivity index (χ2v) is 5.00. The van der Waals surface area contributed by atoms with Gasteiger partial charge in [-0.05, 0) is 56.0 Å². The Hall–Kier alpha value is -1.02. The molecule has 0 spiro atoms. The van der Waals surface area contributed by atoms with Crippen LogP contribution in [0.1, 0.15) is 37.5 Å². The second kappa shape index (κ2) is 6.65. The van der Waals surface area contributed by atoms with Gasteiger partial charge in [-0.15, -0.1) is 0 Å². The molecular weight excluding hydrogens is 210 g/mol. The predicted molar refractivity (Wildman–Crippen MR) is 73.6 cm³/mol. The van der Waals surface area contributed by atoms with Gasteiger partial charge in [0, 0.05) is 6.54 Å². The third-order valence-electron chi connectivity index (χ3n) is 2.80. The van der Waals surface area contributed by atoms with Crippen molar-refractivity contribution in [3.8, 4) is 5.75 Å². The van der Waals surface area contributed by atoms with E-state index in [1.54, 1.807) is 0 Å². The Bertz CT molecular complexity index is 358. The zero-order valence-corrected chi connectivity index (χ0v) is 11.8. The molecule has 0 amide bonds. The highest BCUT2D eigenvalue weighted by atomic mass is 16.5. The van der Waals surface area contributed by atoms with Gasteiger partial charge in [0.25, 0.3) is 0 Å². The topological polar surface area (TPSA) is 21.3 Å². The van der Waals surface area contributed by atoms with Crippen molar-refractivity contribution in [3.63, 3.8) is 0 Å². The molecule has 1 rings (SSSR count). The number of aryl methyl sites for hydroxylation is 2. The normalized spacial score (nSPS) is 10.9. The summed E-state index contributed by atoms with van der Waals surface area (Å²) < 4.78 is 5.59. The molecule has 0 heterocycles. The molecule has 0 aromatic heterocycles. The van der Waals surface area contributed by atoms with Gasteiger partial charge in [-0.2, -0.15) is 0 Å². The summed E-state index contributed by atoms with van der Waals surface area (Å²) in [4.78, 5) is 0. The van der Waals surface area contributed by atoms with Gasteiger partial charge in [0.15, 0.2) is 0 Å². The molecule has 0 aliphatic rings. The quantitative estimate of drug-likeness (QED) is 0.815. The van der Waals surface area contributed by atoms with Gasteiger partial charge < -0.3 is 10.1 Å². The first-order valence-corrected chi connectivity index (χ1v) is 6.48. The van der Waals surface area contributed by atoms with Crippen LogP contribution < -0.4 is 10.1 Å². The molecule has 2 heteroatoms. The van der Waals surface area contributed by atoms with E-state index in [1.807, 2.05) is 6.92 Å². The minimum atomic E-state index is 0.694. The van der Waals surface area contributed by atoms with Gasteiger partial charge in [-0.1, -0.05) is 19.9 Å². The minimum absolute atomic E-state index is 0.694. The van der Waals surface area contributed by atoms with Crippen LogP contribution in [0, 0.1) is 19.8 Å². The highest BCUT2D eigenvalue weighted by Crippen LogP contribution is 2.22. The molecule has 0 saturated carbocycles. The molecule has 0 bridgehead atoms. The van der Waals surface area contributed by atoms with Crippen LogP contribution in [0.3, 0.4) is 0 Å². The lowest BCUT2D eigenvalue weighted by Gasteiger charge is -2.14. The van der Waals surface area contributed by atoms with Gasteiger partial charge in [-0.25, -0.2) is 0 Å². The third kappa shape index (κ3) is 4.39. The maximum Gasteiger partial charge on any atom is 0.122 e. The van der Waals surface area contributed by atoms with E-state index in [0.717, 1.165) is 25.4 Å². The number of nitrogens with one attached hydrogen (secondary N) is 1. The maximum atomic E-state index is 5.59. The minimum Gasteiger partial charge on any atom is -0.494 e. The van der Waals surface area contributed by atoms with E-state index in [9.17, 15) is 0 Å². The molecule has 0 aliphatic carbocycles. The number of hydrogen-bond donors (Lipinski definition) is 1. The largest absolute Gasteiger partial charge is 0.494 e. The van der Waals surface area contributed by atoms with E-state index in [-0.39, 0.29) is 0 Å². The molecule has 0 atom stereocenters. The van der Waals surface area contributed by atoms with Gasteiger partial charge in [0.2, 0.25) is 0 Å². The van der Waals surface area contributed by atoms with Crippen LogP contribution in [0.5, 0.6) is 5.75 Å². The Morgan fingerprint density at radius 3 is 2.47 bits per heavy atom. The fraction of sp³-hybridized carbons (Fsp3) is 0.600. The van der Waals surface area contributed by atoms with Crippen LogP contribution in [0.4, 0.5) is 0 Å². The molecule has 0 radical (unpaired) electrons. The van der Waals surface area contributed by atoms with Crippen LogP contribution >= 0.6 is 0 Å². The summed E-state index contributed by atoms with van der Waals surface area (Å²) in [6, 6.07) is 4.37. The number of benzene rings is 1. The molecule has 0 aliphatic heterocycles. The van der Waals surface area contributed by atoms with Crippen LogP contribution in [0.15, 0.2) is 12.1 Å².